The molecule has 0 amide bonds. The fraction of sp³-hybridized carbons (Fsp3) is 1.00. The first kappa shape index (κ1) is 24.4. The van der Waals surface area contributed by atoms with E-state index < -0.39 is 0 Å². The summed E-state index contributed by atoms with van der Waals surface area (Å²) in [6, 6.07) is 0. The van der Waals surface area contributed by atoms with Gasteiger partial charge >= 0.3 is 0 Å². The van der Waals surface area contributed by atoms with Crippen LogP contribution in [0.25, 0.3) is 0 Å². The van der Waals surface area contributed by atoms with Gasteiger partial charge in [0.1, 0.15) is 0 Å². The highest BCUT2D eigenvalue weighted by Gasteiger charge is 2.00. The third kappa shape index (κ3) is 32.2. The smallest absolute Gasteiger partial charge is 0.00934 e. The fourth-order valence-electron chi connectivity index (χ4n) is 1.77. The zero-order valence-corrected chi connectivity index (χ0v) is 26.6. The number of hydrogen-bond acceptors (Lipinski definition) is 0. The molecule has 110 valence electrons. The molecule has 2 aliphatic rings. The van der Waals surface area contributed by atoms with Gasteiger partial charge in [-0.05, 0) is 96.5 Å². The van der Waals surface area contributed by atoms with E-state index in [1.54, 1.807) is 0 Å². The molecule has 0 aromatic rings. The van der Waals surface area contributed by atoms with Gasteiger partial charge in [0.25, 0.3) is 0 Å². The molecule has 2 heterocycles. The molecule has 17 heavy (non-hydrogen) atoms. The minimum Gasteiger partial charge on any atom is -1.00 e. The molecule has 11 heteroatoms. The van der Waals surface area contributed by atoms with Crippen molar-refractivity contribution in [1.82, 2.24) is 0 Å². The molecule has 2 fully saturated rings. The maximum Gasteiger partial charge on any atom is -0.00934 e. The van der Waals surface area contributed by atoms with Crippen LogP contribution < -0.4 is 0 Å². The predicted molar refractivity (Wildman–Crippen MR) is 130 cm³/mol. The van der Waals surface area contributed by atoms with Crippen LogP contribution >= 0.6 is 0 Å². The van der Waals surface area contributed by atoms with E-state index in [-0.39, 0.29) is 12.4 Å². The third-order valence-corrected chi connectivity index (χ3v) is 202. The molecule has 0 atom stereocenters. The summed E-state index contributed by atoms with van der Waals surface area (Å²) in [5, 5.41) is 0. The highest BCUT2D eigenvalue weighted by atomic mass is 30.1. The average Bonchev–Trinajstić information content (AvgIpc) is 3.00. The second kappa shape index (κ2) is 26.9. The zero-order valence-electron chi connectivity index (χ0n) is 13.5. The van der Waals surface area contributed by atoms with Crippen LogP contribution in [0.1, 0.15) is 42.0 Å². The largest absolute Gasteiger partial charge is 1.00 e. The van der Waals surface area contributed by atoms with Crippen LogP contribution in [0.15, 0.2) is 0 Å². The van der Waals surface area contributed by atoms with E-state index in [0.29, 0.717) is 0 Å². The SMILES string of the molecule is CCC.CCC.[H-].[SiH2]1[SiH2][SiH2][SiH2][SiH2]1.[SiH2]1[SiH2][SiH2][SiH2][SiH2]1.[SiH4]. The number of hydrogen-bond donors (Lipinski definition) is 0. The molecule has 0 nitrogen and oxygen atoms in total. The Balaban J connectivity index is -0.0000000725. The molecule has 0 radical (unpaired) electrons. The van der Waals surface area contributed by atoms with Gasteiger partial charge in [-0.25, -0.2) is 0 Å². The van der Waals surface area contributed by atoms with Gasteiger partial charge in [-0.3, -0.25) is 0 Å². The van der Waals surface area contributed by atoms with Gasteiger partial charge in [0, 0.05) is 0 Å². The van der Waals surface area contributed by atoms with Crippen molar-refractivity contribution in [1.29, 1.82) is 0 Å². The van der Waals surface area contributed by atoms with Crippen molar-refractivity contribution in [3.05, 3.63) is 0 Å². The first-order valence-electron chi connectivity index (χ1n) is 7.83. The highest BCUT2D eigenvalue weighted by molar-refractivity contribution is 7.76. The van der Waals surface area contributed by atoms with Gasteiger partial charge in [0.15, 0.2) is 0 Å². The van der Waals surface area contributed by atoms with Crippen LogP contribution in [0.2, 0.25) is 0 Å². The van der Waals surface area contributed by atoms with Crippen molar-refractivity contribution < 1.29 is 1.43 Å². The van der Waals surface area contributed by atoms with E-state index >= 15 is 0 Å². The van der Waals surface area contributed by atoms with Crippen LogP contribution in [-0.4, -0.2) is 96.5 Å². The lowest BCUT2D eigenvalue weighted by Crippen LogP contribution is -2.00. The van der Waals surface area contributed by atoms with Gasteiger partial charge < -0.3 is 1.43 Å². The number of rotatable bonds is 0. The molecule has 0 aliphatic carbocycles. The summed E-state index contributed by atoms with van der Waals surface area (Å²) in [7, 11) is 9.44. The predicted octanol–water partition coefficient (Wildman–Crippen LogP) is -7.67. The molecule has 0 N–H and O–H groups in total. The second-order valence-corrected chi connectivity index (χ2v) is 96.9. The molecule has 0 spiro atoms. The first-order chi connectivity index (χ1) is 7.83. The molecular formula is C6H41Si11-. The van der Waals surface area contributed by atoms with Gasteiger partial charge in [0.2, 0.25) is 0 Å². The van der Waals surface area contributed by atoms with Gasteiger partial charge in [0.05, 0.1) is 0 Å². The minimum atomic E-state index is 0. The maximum absolute atomic E-state index is 2.12. The minimum absolute atomic E-state index is 0. The Morgan fingerprint density at radius 1 is 0.471 bits per heavy atom. The van der Waals surface area contributed by atoms with E-state index in [2.05, 4.69) is 27.7 Å². The average molecular weight is 422 g/mol. The van der Waals surface area contributed by atoms with Gasteiger partial charge in [-0.2, -0.15) is 0 Å². The van der Waals surface area contributed by atoms with Crippen LogP contribution in [0, 0.1) is 0 Å². The summed E-state index contributed by atoms with van der Waals surface area (Å²) in [4.78, 5) is 0. The van der Waals surface area contributed by atoms with E-state index in [1.165, 1.54) is 12.8 Å². The quantitative estimate of drug-likeness (QED) is 0.341. The maximum atomic E-state index is 2.12. The monoisotopic (exact) mass is 421 g/mol. The molecule has 0 saturated carbocycles. The standard InChI is InChI=1S/2C3H8.2H10Si5.H4Si.H/c2*1-3-2;2*1-2-4-5-3-1;;/h2*3H2,1-2H3;2*1-5H2;1H4;/q;;;;;-1. The Hall–Kier alpha value is 2.39. The lowest BCUT2D eigenvalue weighted by molar-refractivity contribution is 1.09. The van der Waals surface area contributed by atoms with Gasteiger partial charge in [-0.1, -0.05) is 40.5 Å². The van der Waals surface area contributed by atoms with Crippen LogP contribution in [0.3, 0.4) is 0 Å². The lowest BCUT2D eigenvalue weighted by atomic mass is 10.6. The topological polar surface area (TPSA) is 0 Å². The van der Waals surface area contributed by atoms with Crippen molar-refractivity contribution in [2.75, 3.05) is 0 Å². The van der Waals surface area contributed by atoms with Crippen molar-refractivity contribution in [2.24, 2.45) is 0 Å². The Kier molecular flexibility index (Phi) is 38.6. The lowest BCUT2D eigenvalue weighted by Gasteiger charge is -1.63. The van der Waals surface area contributed by atoms with Crippen LogP contribution in [0.5, 0.6) is 0 Å². The normalized spacial score (nSPS) is 30.4. The molecular weight excluding hydrogens is 381 g/mol. The van der Waals surface area contributed by atoms with Crippen molar-refractivity contribution in [3.8, 4) is 0 Å². The summed E-state index contributed by atoms with van der Waals surface area (Å²) >= 11 is 0. The fourth-order valence-corrected chi connectivity index (χ4v) is 430. The van der Waals surface area contributed by atoms with Crippen molar-refractivity contribution in [2.45, 2.75) is 40.5 Å². The summed E-state index contributed by atoms with van der Waals surface area (Å²) in [5.74, 6) is 0. The van der Waals surface area contributed by atoms with Crippen LogP contribution in [-0.2, 0) is 0 Å². The van der Waals surface area contributed by atoms with E-state index in [9.17, 15) is 0 Å². The molecule has 0 aromatic carbocycles. The molecule has 0 bridgehead atoms. The van der Waals surface area contributed by atoms with E-state index in [0.717, 1.165) is 85.5 Å². The zero-order chi connectivity index (χ0) is 12.5. The first-order valence-corrected chi connectivity index (χ1v) is 47.8. The summed E-state index contributed by atoms with van der Waals surface area (Å²) < 4.78 is 0. The molecule has 0 aromatic heterocycles. The Morgan fingerprint density at radius 3 is 0.588 bits per heavy atom. The Bertz CT molecular complexity index is 72.3. The van der Waals surface area contributed by atoms with Crippen molar-refractivity contribution in [3.63, 3.8) is 0 Å². The summed E-state index contributed by atoms with van der Waals surface area (Å²) in [6.07, 6.45) is 2.50. The summed E-state index contributed by atoms with van der Waals surface area (Å²) in [5.41, 5.74) is 0. The van der Waals surface area contributed by atoms with E-state index in [4.69, 9.17) is 0 Å². The molecule has 2 rings (SSSR count). The molecule has 2 aliphatic heterocycles. The van der Waals surface area contributed by atoms with Crippen LogP contribution in [0.4, 0.5) is 0 Å². The third-order valence-electron chi connectivity index (χ3n) is 2.50. The van der Waals surface area contributed by atoms with Gasteiger partial charge in [-0.15, -0.1) is 0 Å². The van der Waals surface area contributed by atoms with E-state index in [1.807, 2.05) is 0 Å². The summed E-state index contributed by atoms with van der Waals surface area (Å²) in [6.45, 7) is 8.50. The highest BCUT2D eigenvalue weighted by Crippen LogP contribution is 1.63. The molecule has 0 unspecified atom stereocenters. The second-order valence-electron chi connectivity index (χ2n) is 4.95. The van der Waals surface area contributed by atoms with Crippen molar-refractivity contribution >= 4 is 96.5 Å². The Morgan fingerprint density at radius 2 is 0.529 bits per heavy atom. The Labute approximate surface area is 137 Å². The molecule has 2 saturated heterocycles.